The average Bonchev–Trinajstić information content (AvgIpc) is 2.25. The number of allylic oxidation sites excluding steroid dienone is 2. The van der Waals surface area contributed by atoms with Crippen LogP contribution in [0.25, 0.3) is 0 Å². The fourth-order valence-electron chi connectivity index (χ4n) is 3.43. The zero-order valence-corrected chi connectivity index (χ0v) is 14.3. The van der Waals surface area contributed by atoms with Crippen LogP contribution in [-0.4, -0.2) is 17.0 Å². The molecule has 0 saturated heterocycles. The van der Waals surface area contributed by atoms with Crippen molar-refractivity contribution in [3.8, 4) is 0 Å². The van der Waals surface area contributed by atoms with Crippen LogP contribution < -0.4 is 0 Å². The number of hydrogen-bond acceptors (Lipinski definition) is 2. The van der Waals surface area contributed by atoms with Gasteiger partial charge in [0.05, 0.1) is 6.10 Å². The standard InChI is InChI=1S/C18H32O2/c1-12-9-8-10-18(6,7)15(12)11-14(13(2)19)16(20)17(3,4)5/h14,16,20H,8-11H2,1-7H3/t14-,16+/m0/s1. The van der Waals surface area contributed by atoms with Gasteiger partial charge in [0, 0.05) is 5.92 Å². The number of hydrogen-bond donors (Lipinski definition) is 1. The van der Waals surface area contributed by atoms with Crippen LogP contribution in [0.1, 0.15) is 74.1 Å². The van der Waals surface area contributed by atoms with Gasteiger partial charge in [-0.05, 0) is 50.4 Å². The second kappa shape index (κ2) is 6.01. The number of ketones is 1. The average molecular weight is 280 g/mol. The predicted molar refractivity (Wildman–Crippen MR) is 84.6 cm³/mol. The Morgan fingerprint density at radius 3 is 2.30 bits per heavy atom. The molecule has 0 radical (unpaired) electrons. The summed E-state index contributed by atoms with van der Waals surface area (Å²) in [6, 6.07) is 0. The van der Waals surface area contributed by atoms with Crippen LogP contribution in [0.3, 0.4) is 0 Å². The number of carbonyl (C=O) groups excluding carboxylic acids is 1. The van der Waals surface area contributed by atoms with Crippen molar-refractivity contribution in [2.75, 3.05) is 0 Å². The Labute approximate surface area is 124 Å². The summed E-state index contributed by atoms with van der Waals surface area (Å²) in [6.07, 6.45) is 3.67. The molecule has 1 aliphatic rings. The first kappa shape index (κ1) is 17.4. The molecule has 0 bridgehead atoms. The lowest BCUT2D eigenvalue weighted by Crippen LogP contribution is -2.39. The first-order chi connectivity index (χ1) is 8.97. The van der Waals surface area contributed by atoms with Gasteiger partial charge in [-0.25, -0.2) is 0 Å². The summed E-state index contributed by atoms with van der Waals surface area (Å²) >= 11 is 0. The van der Waals surface area contributed by atoms with Crippen molar-refractivity contribution in [1.29, 1.82) is 0 Å². The number of Topliss-reactive ketones (excluding diaryl/α,β-unsaturated/α-hetero) is 1. The fourth-order valence-corrected chi connectivity index (χ4v) is 3.43. The molecule has 0 aromatic heterocycles. The van der Waals surface area contributed by atoms with Gasteiger partial charge in [-0.2, -0.15) is 0 Å². The molecule has 1 N–H and O–H groups in total. The summed E-state index contributed by atoms with van der Waals surface area (Å²) in [7, 11) is 0. The van der Waals surface area contributed by atoms with E-state index in [9.17, 15) is 9.90 Å². The SMILES string of the molecule is CC(=O)[C@H](CC1=C(C)CCCC1(C)C)[C@@H](O)C(C)(C)C. The molecule has 0 aliphatic heterocycles. The maximum absolute atomic E-state index is 12.0. The van der Waals surface area contributed by atoms with Crippen molar-refractivity contribution in [2.24, 2.45) is 16.7 Å². The van der Waals surface area contributed by atoms with Crippen molar-refractivity contribution in [3.63, 3.8) is 0 Å². The van der Waals surface area contributed by atoms with E-state index in [-0.39, 0.29) is 22.5 Å². The molecule has 1 rings (SSSR count). The lowest BCUT2D eigenvalue weighted by Gasteiger charge is -2.39. The smallest absolute Gasteiger partial charge is 0.135 e. The molecule has 2 nitrogen and oxygen atoms in total. The maximum atomic E-state index is 12.0. The summed E-state index contributed by atoms with van der Waals surface area (Å²) < 4.78 is 0. The van der Waals surface area contributed by atoms with E-state index >= 15 is 0 Å². The highest BCUT2D eigenvalue weighted by Crippen LogP contribution is 2.44. The summed E-state index contributed by atoms with van der Waals surface area (Å²) in [5, 5.41) is 10.6. The lowest BCUT2D eigenvalue weighted by atomic mass is 9.67. The second-order valence-corrected chi connectivity index (χ2v) is 8.23. The third-order valence-corrected chi connectivity index (χ3v) is 4.90. The highest BCUT2D eigenvalue weighted by molar-refractivity contribution is 5.79. The molecule has 20 heavy (non-hydrogen) atoms. The molecular formula is C18H32O2. The highest BCUT2D eigenvalue weighted by Gasteiger charge is 2.37. The molecule has 0 saturated carbocycles. The van der Waals surface area contributed by atoms with E-state index in [4.69, 9.17) is 0 Å². The molecule has 2 atom stereocenters. The van der Waals surface area contributed by atoms with Gasteiger partial charge < -0.3 is 5.11 Å². The molecule has 116 valence electrons. The van der Waals surface area contributed by atoms with Crippen LogP contribution in [0.15, 0.2) is 11.1 Å². The van der Waals surface area contributed by atoms with Crippen LogP contribution in [0.2, 0.25) is 0 Å². The second-order valence-electron chi connectivity index (χ2n) is 8.23. The topological polar surface area (TPSA) is 37.3 Å². The first-order valence-electron chi connectivity index (χ1n) is 7.84. The first-order valence-corrected chi connectivity index (χ1v) is 7.84. The van der Waals surface area contributed by atoms with Crippen LogP contribution >= 0.6 is 0 Å². The van der Waals surface area contributed by atoms with E-state index in [0.717, 1.165) is 6.42 Å². The van der Waals surface area contributed by atoms with Gasteiger partial charge in [-0.15, -0.1) is 0 Å². The zero-order chi connectivity index (χ0) is 15.7. The number of aliphatic hydroxyl groups excluding tert-OH is 1. The molecule has 0 unspecified atom stereocenters. The maximum Gasteiger partial charge on any atom is 0.135 e. The Balaban J connectivity index is 3.05. The zero-order valence-electron chi connectivity index (χ0n) is 14.3. The van der Waals surface area contributed by atoms with E-state index in [1.165, 1.54) is 24.0 Å². The summed E-state index contributed by atoms with van der Waals surface area (Å²) in [5.41, 5.74) is 2.72. The van der Waals surface area contributed by atoms with Crippen LogP contribution in [0, 0.1) is 16.7 Å². The van der Waals surface area contributed by atoms with Crippen molar-refractivity contribution in [1.82, 2.24) is 0 Å². The van der Waals surface area contributed by atoms with E-state index in [2.05, 4.69) is 20.8 Å². The van der Waals surface area contributed by atoms with Gasteiger partial charge in [-0.1, -0.05) is 45.8 Å². The molecule has 2 heteroatoms. The molecular weight excluding hydrogens is 248 g/mol. The van der Waals surface area contributed by atoms with Crippen LogP contribution in [-0.2, 0) is 4.79 Å². The molecule has 0 aromatic rings. The highest BCUT2D eigenvalue weighted by atomic mass is 16.3. The third-order valence-electron chi connectivity index (χ3n) is 4.90. The van der Waals surface area contributed by atoms with Gasteiger partial charge in [-0.3, -0.25) is 4.79 Å². The minimum atomic E-state index is -0.585. The van der Waals surface area contributed by atoms with Gasteiger partial charge in [0.25, 0.3) is 0 Å². The number of carbonyl (C=O) groups is 1. The van der Waals surface area contributed by atoms with Crippen molar-refractivity contribution < 1.29 is 9.90 Å². The summed E-state index contributed by atoms with van der Waals surface area (Å²) in [5.74, 6) is -0.175. The van der Waals surface area contributed by atoms with Crippen LogP contribution in [0.5, 0.6) is 0 Å². The number of aliphatic hydroxyl groups is 1. The van der Waals surface area contributed by atoms with E-state index in [0.29, 0.717) is 6.42 Å². The van der Waals surface area contributed by atoms with Crippen LogP contribution in [0.4, 0.5) is 0 Å². The predicted octanol–water partition coefficient (Wildman–Crippen LogP) is 4.52. The molecule has 0 fully saturated rings. The minimum Gasteiger partial charge on any atom is -0.392 e. The third kappa shape index (κ3) is 3.94. The fraction of sp³-hybridized carbons (Fsp3) is 0.833. The van der Waals surface area contributed by atoms with Gasteiger partial charge in [0.15, 0.2) is 0 Å². The Kier molecular flexibility index (Phi) is 5.23. The summed E-state index contributed by atoms with van der Waals surface area (Å²) in [6.45, 7) is 14.3. The molecule has 0 aromatic carbocycles. The quantitative estimate of drug-likeness (QED) is 0.769. The van der Waals surface area contributed by atoms with E-state index < -0.39 is 6.10 Å². The normalized spacial score (nSPS) is 22.6. The monoisotopic (exact) mass is 280 g/mol. The Hall–Kier alpha value is -0.630. The molecule has 0 amide bonds. The lowest BCUT2D eigenvalue weighted by molar-refractivity contribution is -0.127. The Morgan fingerprint density at radius 2 is 1.90 bits per heavy atom. The summed E-state index contributed by atoms with van der Waals surface area (Å²) in [4.78, 5) is 12.0. The van der Waals surface area contributed by atoms with Gasteiger partial charge in [0.2, 0.25) is 0 Å². The van der Waals surface area contributed by atoms with Gasteiger partial charge >= 0.3 is 0 Å². The van der Waals surface area contributed by atoms with Crippen molar-refractivity contribution in [2.45, 2.75) is 80.3 Å². The van der Waals surface area contributed by atoms with E-state index in [1.54, 1.807) is 6.92 Å². The Bertz CT molecular complexity index is 396. The van der Waals surface area contributed by atoms with E-state index in [1.807, 2.05) is 20.8 Å². The Morgan fingerprint density at radius 1 is 1.35 bits per heavy atom. The number of rotatable bonds is 4. The molecule has 1 aliphatic carbocycles. The van der Waals surface area contributed by atoms with Crippen molar-refractivity contribution in [3.05, 3.63) is 11.1 Å². The van der Waals surface area contributed by atoms with Crippen molar-refractivity contribution >= 4 is 5.78 Å². The minimum absolute atomic E-state index is 0.106. The molecule has 0 heterocycles. The van der Waals surface area contributed by atoms with Gasteiger partial charge in [0.1, 0.15) is 5.78 Å². The largest absolute Gasteiger partial charge is 0.392 e. The molecule has 0 spiro atoms.